The van der Waals surface area contributed by atoms with Crippen LogP contribution in [-0.4, -0.2) is 17.8 Å². The Morgan fingerprint density at radius 1 is 1.44 bits per heavy atom. The van der Waals surface area contributed by atoms with Crippen molar-refractivity contribution >= 4 is 27.4 Å². The molecule has 0 aromatic rings. The summed E-state index contributed by atoms with van der Waals surface area (Å²) in [5, 5.41) is 0. The molecule has 0 aromatic carbocycles. The van der Waals surface area contributed by atoms with E-state index >= 15 is 0 Å². The van der Waals surface area contributed by atoms with Crippen molar-refractivity contribution in [3.8, 4) is 0 Å². The Kier molecular flexibility index (Phi) is 20.1. The Morgan fingerprint density at radius 2 is 1.89 bits per heavy atom. The molecular formula is C6H16OS2. The zero-order valence-electron chi connectivity index (χ0n) is 4.43. The summed E-state index contributed by atoms with van der Waals surface area (Å²) in [4.78, 5) is 10.2. The summed E-state index contributed by atoms with van der Waals surface area (Å²) in [6, 6.07) is 0. The van der Waals surface area contributed by atoms with Gasteiger partial charge < -0.3 is 0 Å². The third-order valence-electron chi connectivity index (χ3n) is 0.380. The molecule has 0 N–H and O–H groups in total. The van der Waals surface area contributed by atoms with Crippen LogP contribution in [0.2, 0.25) is 0 Å². The largest absolute Gasteiger partial charge is 0.299 e. The highest BCUT2D eigenvalue weighted by Crippen LogP contribution is 2.15. The standard InChI is InChI=1S/C4H8OS2.2CH4/c1-4(5)3-7-6-2;;/h3H2,1-2H3;2*1H4. The van der Waals surface area contributed by atoms with Crippen molar-refractivity contribution in [3.63, 3.8) is 0 Å². The van der Waals surface area contributed by atoms with Gasteiger partial charge in [0.25, 0.3) is 0 Å². The van der Waals surface area contributed by atoms with Crippen molar-refractivity contribution in [2.75, 3.05) is 12.0 Å². The third-order valence-corrected chi connectivity index (χ3v) is 2.20. The van der Waals surface area contributed by atoms with Gasteiger partial charge in [-0.15, -0.1) is 0 Å². The third kappa shape index (κ3) is 17.8. The first-order valence-corrected chi connectivity index (χ1v) is 4.65. The van der Waals surface area contributed by atoms with E-state index < -0.39 is 0 Å². The van der Waals surface area contributed by atoms with E-state index in [1.807, 2.05) is 6.26 Å². The molecule has 3 heteroatoms. The van der Waals surface area contributed by atoms with Crippen LogP contribution in [0.1, 0.15) is 21.8 Å². The van der Waals surface area contributed by atoms with Crippen LogP contribution in [0.25, 0.3) is 0 Å². The van der Waals surface area contributed by atoms with E-state index in [4.69, 9.17) is 0 Å². The van der Waals surface area contributed by atoms with Crippen molar-refractivity contribution in [1.82, 2.24) is 0 Å². The quantitative estimate of drug-likeness (QED) is 0.603. The van der Waals surface area contributed by atoms with Gasteiger partial charge in [0, 0.05) is 0 Å². The zero-order valence-corrected chi connectivity index (χ0v) is 6.06. The SMILES string of the molecule is C.C.CSSCC(C)=O. The summed E-state index contributed by atoms with van der Waals surface area (Å²) in [5.41, 5.74) is 0. The fourth-order valence-electron chi connectivity index (χ4n) is 0.142. The summed E-state index contributed by atoms with van der Waals surface area (Å²) in [6.45, 7) is 1.60. The summed E-state index contributed by atoms with van der Waals surface area (Å²) in [7, 11) is 3.21. The van der Waals surface area contributed by atoms with Crippen molar-refractivity contribution < 1.29 is 4.79 Å². The number of carbonyl (C=O) groups excluding carboxylic acids is 1. The molecular weight excluding hydrogens is 152 g/mol. The molecule has 0 heterocycles. The van der Waals surface area contributed by atoms with Crippen LogP contribution in [0.3, 0.4) is 0 Å². The van der Waals surface area contributed by atoms with Crippen LogP contribution in [0.4, 0.5) is 0 Å². The van der Waals surface area contributed by atoms with E-state index in [9.17, 15) is 4.79 Å². The molecule has 0 bridgehead atoms. The van der Waals surface area contributed by atoms with Crippen molar-refractivity contribution in [3.05, 3.63) is 0 Å². The van der Waals surface area contributed by atoms with E-state index in [1.165, 1.54) is 0 Å². The van der Waals surface area contributed by atoms with Crippen LogP contribution in [0.15, 0.2) is 0 Å². The summed E-state index contributed by atoms with van der Waals surface area (Å²) in [6.07, 6.45) is 1.97. The fraction of sp³-hybridized carbons (Fsp3) is 0.833. The molecule has 0 aliphatic rings. The molecule has 0 rings (SSSR count). The summed E-state index contributed by atoms with van der Waals surface area (Å²) >= 11 is 0. The molecule has 58 valence electrons. The van der Waals surface area contributed by atoms with Crippen LogP contribution in [0, 0.1) is 0 Å². The molecule has 0 saturated heterocycles. The summed E-state index contributed by atoms with van der Waals surface area (Å²) < 4.78 is 0. The predicted octanol–water partition coefficient (Wildman–Crippen LogP) is 2.86. The van der Waals surface area contributed by atoms with Crippen molar-refractivity contribution in [2.45, 2.75) is 21.8 Å². The average molecular weight is 168 g/mol. The molecule has 0 amide bonds. The van der Waals surface area contributed by atoms with Crippen LogP contribution in [-0.2, 0) is 4.79 Å². The average Bonchev–Trinajstić information content (AvgIpc) is 1.61. The molecule has 0 aliphatic carbocycles. The van der Waals surface area contributed by atoms with Crippen LogP contribution in [0.5, 0.6) is 0 Å². The van der Waals surface area contributed by atoms with E-state index in [-0.39, 0.29) is 20.6 Å². The number of rotatable bonds is 3. The van der Waals surface area contributed by atoms with Gasteiger partial charge in [-0.2, -0.15) is 0 Å². The van der Waals surface area contributed by atoms with Gasteiger partial charge in [-0.05, 0) is 13.2 Å². The first-order chi connectivity index (χ1) is 3.27. The Bertz CT molecular complexity index is 64.1. The lowest BCUT2D eigenvalue weighted by molar-refractivity contribution is -0.114. The Labute approximate surface area is 66.4 Å². The highest BCUT2D eigenvalue weighted by Gasteiger charge is 1.88. The van der Waals surface area contributed by atoms with Gasteiger partial charge in [0.15, 0.2) is 0 Å². The molecule has 0 radical (unpaired) electrons. The lowest BCUT2D eigenvalue weighted by Gasteiger charge is -1.86. The molecule has 9 heavy (non-hydrogen) atoms. The number of carbonyl (C=O) groups is 1. The van der Waals surface area contributed by atoms with Crippen LogP contribution < -0.4 is 0 Å². The van der Waals surface area contributed by atoms with Gasteiger partial charge in [0.2, 0.25) is 0 Å². The molecule has 0 aromatic heterocycles. The Morgan fingerprint density at radius 3 is 2.00 bits per heavy atom. The highest BCUT2D eigenvalue weighted by molar-refractivity contribution is 8.76. The topological polar surface area (TPSA) is 17.1 Å². The lowest BCUT2D eigenvalue weighted by Crippen LogP contribution is -1.89. The minimum atomic E-state index is 0. The smallest absolute Gasteiger partial charge is 0.140 e. The van der Waals surface area contributed by atoms with E-state index in [0.29, 0.717) is 5.75 Å². The molecule has 0 aliphatic heterocycles. The van der Waals surface area contributed by atoms with E-state index in [0.717, 1.165) is 0 Å². The molecule has 0 unspecified atom stereocenters. The molecule has 0 spiro atoms. The molecule has 0 fully saturated rings. The lowest BCUT2D eigenvalue weighted by atomic mass is 10.5. The maximum atomic E-state index is 10.2. The van der Waals surface area contributed by atoms with Gasteiger partial charge >= 0.3 is 0 Å². The highest BCUT2D eigenvalue weighted by atomic mass is 33.1. The van der Waals surface area contributed by atoms with Crippen molar-refractivity contribution in [1.29, 1.82) is 0 Å². The van der Waals surface area contributed by atoms with Crippen molar-refractivity contribution in [2.24, 2.45) is 0 Å². The van der Waals surface area contributed by atoms with E-state index in [1.54, 1.807) is 28.5 Å². The predicted molar refractivity (Wildman–Crippen MR) is 50.1 cm³/mol. The second-order valence-corrected chi connectivity index (χ2v) is 3.70. The number of hydrogen-bond donors (Lipinski definition) is 0. The minimum Gasteiger partial charge on any atom is -0.299 e. The number of ketones is 1. The summed E-state index contributed by atoms with van der Waals surface area (Å²) in [5.74, 6) is 0.889. The Balaban J connectivity index is -0.000000180. The fourth-order valence-corrected chi connectivity index (χ4v) is 1.28. The number of Topliss-reactive ketones (excluding diaryl/α,β-unsaturated/α-hetero) is 1. The van der Waals surface area contributed by atoms with E-state index in [2.05, 4.69) is 0 Å². The molecule has 0 saturated carbocycles. The van der Waals surface area contributed by atoms with Gasteiger partial charge in [-0.25, -0.2) is 0 Å². The second kappa shape index (κ2) is 11.2. The van der Waals surface area contributed by atoms with Gasteiger partial charge in [0.1, 0.15) is 5.78 Å². The van der Waals surface area contributed by atoms with Gasteiger partial charge in [0.05, 0.1) is 5.75 Å². The van der Waals surface area contributed by atoms with Gasteiger partial charge in [-0.3, -0.25) is 4.79 Å². The van der Waals surface area contributed by atoms with Crippen LogP contribution >= 0.6 is 21.6 Å². The normalized spacial score (nSPS) is 6.89. The maximum absolute atomic E-state index is 10.2. The number of hydrogen-bond acceptors (Lipinski definition) is 3. The Hall–Kier alpha value is 0.370. The monoisotopic (exact) mass is 168 g/mol. The molecule has 0 atom stereocenters. The zero-order chi connectivity index (χ0) is 5.70. The first kappa shape index (κ1) is 16.2. The molecule has 1 nitrogen and oxygen atoms in total. The first-order valence-electron chi connectivity index (χ1n) is 1.92. The second-order valence-electron chi connectivity index (χ2n) is 1.13. The van der Waals surface area contributed by atoms with Gasteiger partial charge in [-0.1, -0.05) is 36.4 Å². The minimum absolute atomic E-state index is 0. The maximum Gasteiger partial charge on any atom is 0.140 e.